The first kappa shape index (κ1) is 22.8. The van der Waals surface area contributed by atoms with Gasteiger partial charge < -0.3 is 25.8 Å². The summed E-state index contributed by atoms with van der Waals surface area (Å²) in [4.78, 5) is 16.4. The molecule has 0 heterocycles. The Balaban J connectivity index is 2.46. The van der Waals surface area contributed by atoms with Gasteiger partial charge in [-0.3, -0.25) is 4.79 Å². The van der Waals surface area contributed by atoms with Crippen molar-refractivity contribution in [3.8, 4) is 5.75 Å². The van der Waals surface area contributed by atoms with Gasteiger partial charge in [0, 0.05) is 26.2 Å². The number of nitrogens with one attached hydrogen (secondary N) is 3. The summed E-state index contributed by atoms with van der Waals surface area (Å²) in [5, 5.41) is 18.4. The summed E-state index contributed by atoms with van der Waals surface area (Å²) >= 11 is 0. The van der Waals surface area contributed by atoms with E-state index < -0.39 is 0 Å². The second-order valence-corrected chi connectivity index (χ2v) is 6.37. The lowest BCUT2D eigenvalue weighted by atomic mass is 10.0. The minimum atomic E-state index is -0.136. The Kier molecular flexibility index (Phi) is 11.7. The van der Waals surface area contributed by atoms with Crippen LogP contribution in [0.2, 0.25) is 0 Å². The summed E-state index contributed by atoms with van der Waals surface area (Å²) in [6.07, 6.45) is 2.89. The predicted molar refractivity (Wildman–Crippen MR) is 109 cm³/mol. The second kappa shape index (κ2) is 13.9. The fraction of sp³-hybridized carbons (Fsp3) is 0.600. The van der Waals surface area contributed by atoms with E-state index in [4.69, 9.17) is 9.84 Å². The van der Waals surface area contributed by atoms with Crippen LogP contribution in [0.15, 0.2) is 29.3 Å². The van der Waals surface area contributed by atoms with Crippen molar-refractivity contribution in [2.75, 3.05) is 33.4 Å². The van der Waals surface area contributed by atoms with Crippen molar-refractivity contribution in [1.82, 2.24) is 16.0 Å². The molecule has 1 atom stereocenters. The Bertz CT molecular complexity index is 555. The lowest BCUT2D eigenvalue weighted by Gasteiger charge is -2.18. The maximum absolute atomic E-state index is 12.1. The van der Waals surface area contributed by atoms with E-state index in [0.717, 1.165) is 43.7 Å². The summed E-state index contributed by atoms with van der Waals surface area (Å²) < 4.78 is 5.12. The van der Waals surface area contributed by atoms with Gasteiger partial charge in [0.2, 0.25) is 5.91 Å². The van der Waals surface area contributed by atoms with E-state index in [0.29, 0.717) is 18.4 Å². The van der Waals surface area contributed by atoms with Gasteiger partial charge >= 0.3 is 0 Å². The van der Waals surface area contributed by atoms with Crippen molar-refractivity contribution in [2.45, 2.75) is 39.7 Å². The van der Waals surface area contributed by atoms with Crippen LogP contribution in [0, 0.1) is 5.92 Å². The van der Waals surface area contributed by atoms with Crippen LogP contribution < -0.4 is 20.7 Å². The second-order valence-electron chi connectivity index (χ2n) is 6.37. The molecule has 0 bridgehead atoms. The molecular weight excluding hydrogens is 344 g/mol. The maximum Gasteiger partial charge on any atom is 0.242 e. The van der Waals surface area contributed by atoms with E-state index in [1.54, 1.807) is 7.11 Å². The normalized spacial score (nSPS) is 12.4. The summed E-state index contributed by atoms with van der Waals surface area (Å²) in [6, 6.07) is 7.57. The number of guanidine groups is 1. The number of hydrogen-bond acceptors (Lipinski definition) is 4. The Hall–Kier alpha value is -2.28. The van der Waals surface area contributed by atoms with Crippen LogP contribution in [0.4, 0.5) is 0 Å². The maximum atomic E-state index is 12.1. The molecule has 4 N–H and O–H groups in total. The fourth-order valence-electron chi connectivity index (χ4n) is 2.67. The first-order valence-corrected chi connectivity index (χ1v) is 9.65. The molecule has 0 radical (unpaired) electrons. The Morgan fingerprint density at radius 3 is 2.48 bits per heavy atom. The van der Waals surface area contributed by atoms with Gasteiger partial charge in [-0.25, -0.2) is 4.99 Å². The summed E-state index contributed by atoms with van der Waals surface area (Å²) in [5.41, 5.74) is 1.00. The number of hydrogen-bond donors (Lipinski definition) is 4. The van der Waals surface area contributed by atoms with Crippen molar-refractivity contribution in [2.24, 2.45) is 10.9 Å². The van der Waals surface area contributed by atoms with Gasteiger partial charge in [0.1, 0.15) is 12.3 Å². The number of carbonyl (C=O) groups excluding carboxylic acids is 1. The van der Waals surface area contributed by atoms with Crippen LogP contribution >= 0.6 is 0 Å². The van der Waals surface area contributed by atoms with Crippen LogP contribution in [0.25, 0.3) is 0 Å². The Labute approximate surface area is 162 Å². The highest BCUT2D eigenvalue weighted by molar-refractivity contribution is 5.84. The first-order chi connectivity index (χ1) is 13.1. The minimum absolute atomic E-state index is 0.0595. The molecule has 0 aromatic heterocycles. The molecule has 0 aliphatic carbocycles. The molecule has 1 aromatic carbocycles. The zero-order valence-electron chi connectivity index (χ0n) is 16.8. The Morgan fingerprint density at radius 1 is 1.15 bits per heavy atom. The van der Waals surface area contributed by atoms with Crippen molar-refractivity contribution in [3.63, 3.8) is 0 Å². The predicted octanol–water partition coefficient (Wildman–Crippen LogP) is 1.67. The molecule has 7 nitrogen and oxygen atoms in total. The van der Waals surface area contributed by atoms with Gasteiger partial charge in [-0.2, -0.15) is 0 Å². The lowest BCUT2D eigenvalue weighted by molar-refractivity contribution is -0.119. The molecule has 1 rings (SSSR count). The van der Waals surface area contributed by atoms with Crippen molar-refractivity contribution >= 4 is 11.9 Å². The summed E-state index contributed by atoms with van der Waals surface area (Å²) in [7, 11) is 1.62. The number of benzene rings is 1. The van der Waals surface area contributed by atoms with E-state index in [9.17, 15) is 4.79 Å². The highest BCUT2D eigenvalue weighted by atomic mass is 16.5. The molecule has 7 heteroatoms. The number of nitrogens with zero attached hydrogens (tertiary/aromatic N) is 1. The number of aliphatic imine (C=N–C) groups is 1. The van der Waals surface area contributed by atoms with Gasteiger partial charge in [-0.15, -0.1) is 0 Å². The van der Waals surface area contributed by atoms with Gasteiger partial charge in [0.25, 0.3) is 0 Å². The van der Waals surface area contributed by atoms with Crippen molar-refractivity contribution < 1.29 is 14.6 Å². The van der Waals surface area contributed by atoms with E-state index in [2.05, 4.69) is 27.9 Å². The third-order valence-electron chi connectivity index (χ3n) is 4.17. The zero-order chi connectivity index (χ0) is 19.9. The van der Waals surface area contributed by atoms with Crippen LogP contribution in [0.5, 0.6) is 5.75 Å². The topological polar surface area (TPSA) is 95.0 Å². The summed E-state index contributed by atoms with van der Waals surface area (Å²) in [5.74, 6) is 1.67. The molecule has 1 aromatic rings. The highest BCUT2D eigenvalue weighted by Crippen LogP contribution is 2.11. The third kappa shape index (κ3) is 9.84. The highest BCUT2D eigenvalue weighted by Gasteiger charge is 2.09. The number of ether oxygens (including phenoxy) is 1. The minimum Gasteiger partial charge on any atom is -0.497 e. The molecule has 0 aliphatic rings. The molecular formula is C20H34N4O3. The van der Waals surface area contributed by atoms with Crippen molar-refractivity contribution in [1.29, 1.82) is 0 Å². The molecule has 1 amide bonds. The van der Waals surface area contributed by atoms with Gasteiger partial charge in [-0.05, 0) is 43.4 Å². The summed E-state index contributed by atoms with van der Waals surface area (Å²) in [6.45, 7) is 6.27. The van der Waals surface area contributed by atoms with E-state index >= 15 is 0 Å². The number of rotatable bonds is 12. The molecule has 0 saturated heterocycles. The molecule has 152 valence electrons. The third-order valence-corrected chi connectivity index (χ3v) is 4.17. The number of amides is 1. The van der Waals surface area contributed by atoms with Crippen LogP contribution in [0.1, 0.15) is 38.7 Å². The number of aliphatic hydroxyl groups is 1. The van der Waals surface area contributed by atoms with E-state index in [1.807, 2.05) is 31.2 Å². The van der Waals surface area contributed by atoms with Gasteiger partial charge in [-0.1, -0.05) is 25.5 Å². The SMILES string of the molecule is CCCC(CCO)CNC(=NCC(=O)NCc1ccc(OC)cc1)NCC. The first-order valence-electron chi connectivity index (χ1n) is 9.65. The number of methoxy groups -OCH3 is 1. The van der Waals surface area contributed by atoms with Crippen molar-refractivity contribution in [3.05, 3.63) is 29.8 Å². The smallest absolute Gasteiger partial charge is 0.242 e. The van der Waals surface area contributed by atoms with Crippen LogP contribution in [0.3, 0.4) is 0 Å². The van der Waals surface area contributed by atoms with E-state index in [-0.39, 0.29) is 19.1 Å². The number of aliphatic hydroxyl groups excluding tert-OH is 1. The Morgan fingerprint density at radius 2 is 1.89 bits per heavy atom. The average Bonchev–Trinajstić information content (AvgIpc) is 2.69. The van der Waals surface area contributed by atoms with Gasteiger partial charge in [0.15, 0.2) is 5.96 Å². The lowest BCUT2D eigenvalue weighted by Crippen LogP contribution is -2.40. The van der Waals surface area contributed by atoms with Crippen LogP contribution in [-0.4, -0.2) is 50.3 Å². The largest absolute Gasteiger partial charge is 0.497 e. The standard InChI is InChI=1S/C20H34N4O3/c1-4-6-16(11-12-25)14-23-20(21-5-2)24-15-19(26)22-13-17-7-9-18(27-3)10-8-17/h7-10,16,25H,4-6,11-15H2,1-3H3,(H,22,26)(H2,21,23,24). The van der Waals surface area contributed by atoms with E-state index in [1.165, 1.54) is 0 Å². The average molecular weight is 379 g/mol. The molecule has 0 spiro atoms. The molecule has 0 aliphatic heterocycles. The van der Waals surface area contributed by atoms with Gasteiger partial charge in [0.05, 0.1) is 7.11 Å². The molecule has 1 unspecified atom stereocenters. The zero-order valence-corrected chi connectivity index (χ0v) is 16.8. The quantitative estimate of drug-likeness (QED) is 0.328. The molecule has 0 saturated carbocycles. The monoisotopic (exact) mass is 378 g/mol. The number of carbonyl (C=O) groups is 1. The molecule has 0 fully saturated rings. The van der Waals surface area contributed by atoms with Crippen LogP contribution in [-0.2, 0) is 11.3 Å². The fourth-order valence-corrected chi connectivity index (χ4v) is 2.67. The molecule has 27 heavy (non-hydrogen) atoms.